The second-order valence-corrected chi connectivity index (χ2v) is 4.66. The zero-order valence-electron chi connectivity index (χ0n) is 10.6. The van der Waals surface area contributed by atoms with E-state index < -0.39 is 0 Å². The minimum Gasteiger partial charge on any atom is -0.394 e. The van der Waals surface area contributed by atoms with Crippen molar-refractivity contribution in [2.45, 2.75) is 19.4 Å². The number of nitrogens with one attached hydrogen (secondary N) is 1. The molecule has 100 valence electrons. The van der Waals surface area contributed by atoms with Gasteiger partial charge in [-0.25, -0.2) is 4.98 Å². The monoisotopic (exact) mass is 278 g/mol. The Bertz CT molecular complexity index is 597. The number of hydrogen-bond donors (Lipinski definition) is 2. The molecule has 0 saturated heterocycles. The highest BCUT2D eigenvalue weighted by Gasteiger charge is 2.15. The Kier molecular flexibility index (Phi) is 4.35. The largest absolute Gasteiger partial charge is 0.394 e. The number of rotatable bonds is 4. The van der Waals surface area contributed by atoms with E-state index in [9.17, 15) is 4.79 Å². The van der Waals surface area contributed by atoms with E-state index in [1.54, 1.807) is 12.1 Å². The average Bonchev–Trinajstić information content (AvgIpc) is 2.43. The van der Waals surface area contributed by atoms with E-state index in [2.05, 4.69) is 10.3 Å². The number of halogens is 1. The molecule has 0 aliphatic heterocycles. The predicted octanol–water partition coefficient (Wildman–Crippen LogP) is 2.39. The normalized spacial score (nSPS) is 12.4. The summed E-state index contributed by atoms with van der Waals surface area (Å²) in [6.07, 6.45) is 0.666. The van der Waals surface area contributed by atoms with Crippen molar-refractivity contribution in [3.05, 3.63) is 41.0 Å². The highest BCUT2D eigenvalue weighted by atomic mass is 35.5. The summed E-state index contributed by atoms with van der Waals surface area (Å²) in [6.45, 7) is 1.82. The summed E-state index contributed by atoms with van der Waals surface area (Å²) >= 11 is 5.93. The number of nitrogens with zero attached hydrogens (tertiary/aromatic N) is 1. The molecule has 0 aliphatic carbocycles. The number of para-hydroxylation sites is 1. The molecule has 1 atom stereocenters. The topological polar surface area (TPSA) is 62.2 Å². The highest BCUT2D eigenvalue weighted by molar-refractivity contribution is 6.30. The first-order chi connectivity index (χ1) is 9.15. The number of aromatic nitrogens is 1. The standard InChI is InChI=1S/C14H15ClN2O2/c1-2-9(8-18)16-14(19)11-7-13(15)17-12-6-4-3-5-10(11)12/h3-7,9,18H,2,8H2,1H3,(H,16,19)/t9-/m0/s1. The first kappa shape index (κ1) is 13.8. The smallest absolute Gasteiger partial charge is 0.252 e. The van der Waals surface area contributed by atoms with Gasteiger partial charge in [-0.2, -0.15) is 0 Å². The Morgan fingerprint density at radius 1 is 1.47 bits per heavy atom. The summed E-state index contributed by atoms with van der Waals surface area (Å²) in [7, 11) is 0. The van der Waals surface area contributed by atoms with E-state index in [0.717, 1.165) is 5.39 Å². The van der Waals surface area contributed by atoms with Crippen LogP contribution in [0.1, 0.15) is 23.7 Å². The molecular formula is C14H15ClN2O2. The van der Waals surface area contributed by atoms with Gasteiger partial charge in [0.15, 0.2) is 0 Å². The van der Waals surface area contributed by atoms with Gasteiger partial charge in [0.05, 0.1) is 23.7 Å². The number of carbonyl (C=O) groups is 1. The van der Waals surface area contributed by atoms with Crippen molar-refractivity contribution < 1.29 is 9.90 Å². The molecule has 0 bridgehead atoms. The van der Waals surface area contributed by atoms with Crippen LogP contribution in [0.25, 0.3) is 10.9 Å². The van der Waals surface area contributed by atoms with Crippen molar-refractivity contribution in [1.82, 2.24) is 10.3 Å². The van der Waals surface area contributed by atoms with Crippen LogP contribution >= 0.6 is 11.6 Å². The molecule has 0 spiro atoms. The maximum atomic E-state index is 12.2. The van der Waals surface area contributed by atoms with Crippen molar-refractivity contribution in [1.29, 1.82) is 0 Å². The van der Waals surface area contributed by atoms with Crippen LogP contribution in [-0.2, 0) is 0 Å². The van der Waals surface area contributed by atoms with E-state index >= 15 is 0 Å². The third-order valence-corrected chi connectivity index (χ3v) is 3.17. The molecule has 0 fully saturated rings. The Hall–Kier alpha value is -1.65. The lowest BCUT2D eigenvalue weighted by Gasteiger charge is -2.15. The van der Waals surface area contributed by atoms with E-state index in [4.69, 9.17) is 16.7 Å². The molecule has 0 radical (unpaired) electrons. The number of pyridine rings is 1. The number of hydrogen-bond acceptors (Lipinski definition) is 3. The van der Waals surface area contributed by atoms with Gasteiger partial charge in [0, 0.05) is 5.39 Å². The van der Waals surface area contributed by atoms with E-state index in [0.29, 0.717) is 17.5 Å². The number of carbonyl (C=O) groups excluding carboxylic acids is 1. The van der Waals surface area contributed by atoms with Crippen LogP contribution in [0.2, 0.25) is 5.15 Å². The lowest BCUT2D eigenvalue weighted by molar-refractivity contribution is 0.0916. The van der Waals surface area contributed by atoms with Gasteiger partial charge in [-0.1, -0.05) is 36.7 Å². The number of benzene rings is 1. The minimum atomic E-state index is -0.252. The van der Waals surface area contributed by atoms with Crippen LogP contribution in [0.15, 0.2) is 30.3 Å². The van der Waals surface area contributed by atoms with Crippen LogP contribution in [0, 0.1) is 0 Å². The van der Waals surface area contributed by atoms with E-state index in [-0.39, 0.29) is 23.7 Å². The maximum absolute atomic E-state index is 12.2. The molecule has 0 aliphatic rings. The lowest BCUT2D eigenvalue weighted by Crippen LogP contribution is -2.37. The average molecular weight is 279 g/mol. The molecule has 1 aromatic heterocycles. The molecule has 2 rings (SSSR count). The number of aliphatic hydroxyl groups is 1. The number of aliphatic hydroxyl groups excluding tert-OH is 1. The third-order valence-electron chi connectivity index (χ3n) is 2.98. The van der Waals surface area contributed by atoms with Gasteiger partial charge in [0.1, 0.15) is 5.15 Å². The summed E-state index contributed by atoms with van der Waals surface area (Å²) in [6, 6.07) is 8.62. The van der Waals surface area contributed by atoms with Crippen molar-refractivity contribution in [2.24, 2.45) is 0 Å². The highest BCUT2D eigenvalue weighted by Crippen LogP contribution is 2.20. The Balaban J connectivity index is 2.41. The second kappa shape index (κ2) is 5.99. The quantitative estimate of drug-likeness (QED) is 0.844. The Morgan fingerprint density at radius 3 is 2.89 bits per heavy atom. The molecule has 0 saturated carbocycles. The van der Waals surface area contributed by atoms with Gasteiger partial charge in [-0.3, -0.25) is 4.79 Å². The molecule has 5 heteroatoms. The van der Waals surface area contributed by atoms with Crippen molar-refractivity contribution in [3.8, 4) is 0 Å². The molecule has 2 N–H and O–H groups in total. The zero-order chi connectivity index (χ0) is 13.8. The lowest BCUT2D eigenvalue weighted by atomic mass is 10.1. The van der Waals surface area contributed by atoms with Crippen LogP contribution in [0.5, 0.6) is 0 Å². The molecule has 0 unspecified atom stereocenters. The third kappa shape index (κ3) is 3.03. The number of amides is 1. The Morgan fingerprint density at radius 2 is 2.21 bits per heavy atom. The van der Waals surface area contributed by atoms with Crippen molar-refractivity contribution in [2.75, 3.05) is 6.61 Å². The van der Waals surface area contributed by atoms with Crippen molar-refractivity contribution in [3.63, 3.8) is 0 Å². The summed E-state index contributed by atoms with van der Waals surface area (Å²) in [4.78, 5) is 16.4. The van der Waals surface area contributed by atoms with Gasteiger partial charge in [-0.15, -0.1) is 0 Å². The first-order valence-corrected chi connectivity index (χ1v) is 6.50. The van der Waals surface area contributed by atoms with Gasteiger partial charge >= 0.3 is 0 Å². The molecule has 19 heavy (non-hydrogen) atoms. The summed E-state index contributed by atoms with van der Waals surface area (Å²) in [5.41, 5.74) is 1.15. The van der Waals surface area contributed by atoms with Gasteiger partial charge < -0.3 is 10.4 Å². The summed E-state index contributed by atoms with van der Waals surface area (Å²) in [5, 5.41) is 12.9. The van der Waals surface area contributed by atoms with Gasteiger partial charge in [0.25, 0.3) is 5.91 Å². The minimum absolute atomic E-state index is 0.0843. The summed E-state index contributed by atoms with van der Waals surface area (Å²) in [5.74, 6) is -0.249. The number of fused-ring (bicyclic) bond motifs is 1. The molecular weight excluding hydrogens is 264 g/mol. The zero-order valence-corrected chi connectivity index (χ0v) is 11.3. The molecule has 1 heterocycles. The SMILES string of the molecule is CC[C@@H](CO)NC(=O)c1cc(Cl)nc2ccccc12. The van der Waals surface area contributed by atoms with Crippen molar-refractivity contribution >= 4 is 28.4 Å². The van der Waals surface area contributed by atoms with E-state index in [1.165, 1.54) is 0 Å². The van der Waals surface area contributed by atoms with Crippen LogP contribution in [0.3, 0.4) is 0 Å². The molecule has 1 amide bonds. The summed E-state index contributed by atoms with van der Waals surface area (Å²) < 4.78 is 0. The predicted molar refractivity (Wildman–Crippen MR) is 75.4 cm³/mol. The fraction of sp³-hybridized carbons (Fsp3) is 0.286. The van der Waals surface area contributed by atoms with Gasteiger partial charge in [0.2, 0.25) is 0 Å². The Labute approximate surface area is 116 Å². The fourth-order valence-electron chi connectivity index (χ4n) is 1.87. The van der Waals surface area contributed by atoms with Crippen LogP contribution in [0.4, 0.5) is 0 Å². The maximum Gasteiger partial charge on any atom is 0.252 e. The fourth-order valence-corrected chi connectivity index (χ4v) is 2.07. The van der Waals surface area contributed by atoms with Crippen LogP contribution in [-0.4, -0.2) is 28.6 Å². The molecule has 1 aromatic carbocycles. The van der Waals surface area contributed by atoms with E-state index in [1.807, 2.05) is 25.1 Å². The second-order valence-electron chi connectivity index (χ2n) is 4.27. The van der Waals surface area contributed by atoms with Gasteiger partial charge in [-0.05, 0) is 18.6 Å². The molecule has 4 nitrogen and oxygen atoms in total. The first-order valence-electron chi connectivity index (χ1n) is 6.12. The molecule has 2 aromatic rings. The van der Waals surface area contributed by atoms with Crippen LogP contribution < -0.4 is 5.32 Å².